The van der Waals surface area contributed by atoms with Crippen LogP contribution in [0.5, 0.6) is 11.5 Å². The summed E-state index contributed by atoms with van der Waals surface area (Å²) in [7, 11) is 0. The minimum atomic E-state index is -0.933. The number of halogens is 1. The van der Waals surface area contributed by atoms with E-state index in [0.29, 0.717) is 0 Å². The Balaban J connectivity index is 0.00000144. The number of aliphatic hydroxyl groups excluding tert-OH is 1. The number of hydrogen-bond acceptors (Lipinski definition) is 4. The smallest absolute Gasteiger partial charge is 0.163 e. The fourth-order valence-corrected chi connectivity index (χ4v) is 0.945. The van der Waals surface area contributed by atoms with Gasteiger partial charge in [-0.25, -0.2) is 0 Å². The summed E-state index contributed by atoms with van der Waals surface area (Å²) in [5, 5.41) is 27.5. The molecule has 1 atom stereocenters. The summed E-state index contributed by atoms with van der Waals surface area (Å²) in [5.41, 5.74) is 5.43. The molecule has 1 aromatic carbocycles. The van der Waals surface area contributed by atoms with Gasteiger partial charge in [0.2, 0.25) is 0 Å². The van der Waals surface area contributed by atoms with Crippen molar-refractivity contribution in [2.45, 2.75) is 6.10 Å². The third kappa shape index (κ3) is 2.58. The lowest BCUT2D eigenvalue weighted by molar-refractivity contribution is 0.181. The highest BCUT2D eigenvalue weighted by Crippen LogP contribution is 2.31. The Morgan fingerprint density at radius 2 is 1.92 bits per heavy atom. The fraction of sp³-hybridized carbons (Fsp3) is 0.250. The molecular weight excluding hydrogens is 238 g/mol. The van der Waals surface area contributed by atoms with Crippen LogP contribution in [0.4, 0.5) is 0 Å². The average molecular weight is 250 g/mol. The van der Waals surface area contributed by atoms with Crippen LogP contribution in [0.15, 0.2) is 18.2 Å². The highest BCUT2D eigenvalue weighted by Gasteiger charge is 2.12. The average Bonchev–Trinajstić information content (AvgIpc) is 2.08. The molecule has 0 fully saturated rings. The van der Waals surface area contributed by atoms with E-state index in [-0.39, 0.29) is 40.6 Å². The van der Waals surface area contributed by atoms with Crippen molar-refractivity contribution in [1.29, 1.82) is 0 Å². The number of benzene rings is 1. The van der Waals surface area contributed by atoms with Gasteiger partial charge in [0.1, 0.15) is 0 Å². The molecule has 0 heterocycles. The minimum Gasteiger partial charge on any atom is -0.504 e. The number of hydrogen-bond donors (Lipinski definition) is 4. The first kappa shape index (κ1) is 12.2. The number of nitrogens with two attached hydrogens (primary N) is 1. The third-order valence-corrected chi connectivity index (χ3v) is 1.63. The molecule has 0 aliphatic heterocycles. The van der Waals surface area contributed by atoms with Gasteiger partial charge in [-0.15, -0.1) is 17.0 Å². The molecule has 5 N–H and O–H groups in total. The lowest BCUT2D eigenvalue weighted by atomic mass is 10.1. The van der Waals surface area contributed by atoms with Gasteiger partial charge in [0.15, 0.2) is 11.5 Å². The van der Waals surface area contributed by atoms with Crippen molar-refractivity contribution in [3.8, 4) is 11.5 Å². The first-order chi connectivity index (χ1) is 5.66. The van der Waals surface area contributed by atoms with Gasteiger partial charge in [0.05, 0.1) is 6.10 Å². The van der Waals surface area contributed by atoms with Crippen LogP contribution in [0.2, 0.25) is 0 Å². The summed E-state index contributed by atoms with van der Waals surface area (Å²) < 4.78 is 0. The quantitative estimate of drug-likeness (QED) is 0.581. The van der Waals surface area contributed by atoms with E-state index in [9.17, 15) is 10.2 Å². The van der Waals surface area contributed by atoms with Crippen LogP contribution >= 0.6 is 17.0 Å². The first-order valence-electron chi connectivity index (χ1n) is 3.55. The molecule has 1 aromatic rings. The van der Waals surface area contributed by atoms with Crippen molar-refractivity contribution in [2.24, 2.45) is 5.73 Å². The highest BCUT2D eigenvalue weighted by molar-refractivity contribution is 8.93. The Hall–Kier alpha value is -0.780. The van der Waals surface area contributed by atoms with Crippen molar-refractivity contribution in [2.75, 3.05) is 6.54 Å². The molecule has 0 saturated heterocycles. The Bertz CT molecular complexity index is 280. The second-order valence-corrected chi connectivity index (χ2v) is 2.47. The molecule has 4 nitrogen and oxygen atoms in total. The van der Waals surface area contributed by atoms with E-state index in [1.165, 1.54) is 18.2 Å². The standard InChI is InChI=1S/C8H11NO3.BrH/c9-4-7(11)5-2-1-3-6(10)8(5)12;/h1-3,7,10-12H,4,9H2;1H. The highest BCUT2D eigenvalue weighted by atomic mass is 79.9. The third-order valence-electron chi connectivity index (χ3n) is 1.63. The molecule has 1 rings (SSSR count). The Morgan fingerprint density at radius 3 is 2.46 bits per heavy atom. The summed E-state index contributed by atoms with van der Waals surface area (Å²) in [6, 6.07) is 4.37. The number of para-hydroxylation sites is 1. The molecule has 0 amide bonds. The van der Waals surface area contributed by atoms with Crippen LogP contribution < -0.4 is 5.73 Å². The van der Waals surface area contributed by atoms with E-state index < -0.39 is 6.10 Å². The van der Waals surface area contributed by atoms with Crippen LogP contribution in [0.3, 0.4) is 0 Å². The maximum absolute atomic E-state index is 9.24. The summed E-state index contributed by atoms with van der Waals surface area (Å²) in [5.74, 6) is -0.560. The summed E-state index contributed by atoms with van der Waals surface area (Å²) in [6.45, 7) is 0.0109. The second kappa shape index (κ2) is 5.06. The van der Waals surface area contributed by atoms with E-state index in [1.54, 1.807) is 0 Å². The molecule has 0 aliphatic carbocycles. The van der Waals surface area contributed by atoms with E-state index in [1.807, 2.05) is 0 Å². The van der Waals surface area contributed by atoms with Crippen LogP contribution in [0.1, 0.15) is 11.7 Å². The van der Waals surface area contributed by atoms with E-state index in [2.05, 4.69) is 0 Å². The molecule has 1 unspecified atom stereocenters. The monoisotopic (exact) mass is 249 g/mol. The van der Waals surface area contributed by atoms with Gasteiger partial charge in [0.25, 0.3) is 0 Å². The van der Waals surface area contributed by atoms with Crippen LogP contribution in [0.25, 0.3) is 0 Å². The number of aliphatic hydroxyl groups is 1. The van der Waals surface area contributed by atoms with E-state index in [0.717, 1.165) is 0 Å². The number of aromatic hydroxyl groups is 2. The van der Waals surface area contributed by atoms with Crippen molar-refractivity contribution >= 4 is 17.0 Å². The normalized spacial score (nSPS) is 11.8. The lowest BCUT2D eigenvalue weighted by Crippen LogP contribution is -2.11. The molecular formula is C8H12BrNO3. The summed E-state index contributed by atoms with van der Waals surface area (Å²) in [4.78, 5) is 0. The van der Waals surface area contributed by atoms with Gasteiger partial charge in [-0.3, -0.25) is 0 Å². The van der Waals surface area contributed by atoms with Gasteiger partial charge in [-0.05, 0) is 6.07 Å². The minimum absolute atomic E-state index is 0. The largest absolute Gasteiger partial charge is 0.504 e. The van der Waals surface area contributed by atoms with Crippen molar-refractivity contribution in [3.63, 3.8) is 0 Å². The zero-order valence-electron chi connectivity index (χ0n) is 6.84. The van der Waals surface area contributed by atoms with Crippen LogP contribution in [-0.2, 0) is 0 Å². The van der Waals surface area contributed by atoms with Crippen molar-refractivity contribution in [3.05, 3.63) is 23.8 Å². The first-order valence-corrected chi connectivity index (χ1v) is 3.55. The molecule has 0 aliphatic rings. The number of phenols is 2. The number of rotatable bonds is 2. The van der Waals surface area contributed by atoms with Crippen LogP contribution in [-0.4, -0.2) is 21.9 Å². The molecule has 74 valence electrons. The van der Waals surface area contributed by atoms with Gasteiger partial charge < -0.3 is 21.1 Å². The topological polar surface area (TPSA) is 86.7 Å². The lowest BCUT2D eigenvalue weighted by Gasteiger charge is -2.10. The number of phenolic OH excluding ortho intramolecular Hbond substituents is 2. The van der Waals surface area contributed by atoms with Crippen molar-refractivity contribution < 1.29 is 15.3 Å². The van der Waals surface area contributed by atoms with E-state index in [4.69, 9.17) is 10.8 Å². The zero-order valence-corrected chi connectivity index (χ0v) is 8.56. The maximum Gasteiger partial charge on any atom is 0.163 e. The van der Waals surface area contributed by atoms with Crippen molar-refractivity contribution in [1.82, 2.24) is 0 Å². The Labute approximate surface area is 86.4 Å². The molecule has 0 spiro atoms. The molecule has 5 heteroatoms. The molecule has 0 bridgehead atoms. The summed E-state index contributed by atoms with van der Waals surface area (Å²) in [6.07, 6.45) is -0.933. The molecule has 0 radical (unpaired) electrons. The van der Waals surface area contributed by atoms with E-state index >= 15 is 0 Å². The molecule has 0 aromatic heterocycles. The zero-order chi connectivity index (χ0) is 9.14. The van der Waals surface area contributed by atoms with Gasteiger partial charge in [-0.2, -0.15) is 0 Å². The van der Waals surface area contributed by atoms with Crippen LogP contribution in [0, 0.1) is 0 Å². The van der Waals surface area contributed by atoms with Gasteiger partial charge >= 0.3 is 0 Å². The Morgan fingerprint density at radius 1 is 1.31 bits per heavy atom. The molecule has 13 heavy (non-hydrogen) atoms. The fourth-order valence-electron chi connectivity index (χ4n) is 0.945. The van der Waals surface area contributed by atoms with Gasteiger partial charge in [0, 0.05) is 12.1 Å². The summed E-state index contributed by atoms with van der Waals surface area (Å²) >= 11 is 0. The second-order valence-electron chi connectivity index (χ2n) is 2.47. The SMILES string of the molecule is Br.NCC(O)c1cccc(O)c1O. The Kier molecular flexibility index (Phi) is 4.76. The molecule has 0 saturated carbocycles. The predicted molar refractivity (Wildman–Crippen MR) is 54.1 cm³/mol. The maximum atomic E-state index is 9.24. The van der Waals surface area contributed by atoms with Gasteiger partial charge in [-0.1, -0.05) is 12.1 Å². The predicted octanol–water partition coefficient (Wildman–Crippen LogP) is 0.668.